The molecular formula is C17H16N2O2. The van der Waals surface area contributed by atoms with Crippen molar-refractivity contribution in [3.63, 3.8) is 0 Å². The summed E-state index contributed by atoms with van der Waals surface area (Å²) in [6, 6.07) is 12.9. The normalized spacial score (nSPS) is 11.0. The summed E-state index contributed by atoms with van der Waals surface area (Å²) < 4.78 is 5.34. The number of rotatable bonds is 4. The van der Waals surface area contributed by atoms with Gasteiger partial charge in [-0.05, 0) is 43.2 Å². The Balaban J connectivity index is 2.13. The predicted octanol–water partition coefficient (Wildman–Crippen LogP) is 3.70. The van der Waals surface area contributed by atoms with Crippen LogP contribution >= 0.6 is 0 Å². The van der Waals surface area contributed by atoms with Gasteiger partial charge in [-0.25, -0.2) is 0 Å². The fourth-order valence-electron chi connectivity index (χ4n) is 1.84. The number of carbonyl (C=O) groups excluding carboxylic acids is 1. The van der Waals surface area contributed by atoms with Gasteiger partial charge >= 0.3 is 0 Å². The molecule has 4 heteroatoms. The Morgan fingerprint density at radius 2 is 2.00 bits per heavy atom. The summed E-state index contributed by atoms with van der Waals surface area (Å²) in [7, 11) is 0. The third-order valence-electron chi connectivity index (χ3n) is 3.03. The van der Waals surface area contributed by atoms with Crippen molar-refractivity contribution in [2.24, 2.45) is 0 Å². The Morgan fingerprint density at radius 3 is 2.52 bits per heavy atom. The number of nitrogens with zero attached hydrogens (tertiary/aromatic N) is 1. The van der Waals surface area contributed by atoms with Crippen LogP contribution in [0.5, 0.6) is 0 Å². The van der Waals surface area contributed by atoms with Crippen LogP contribution in [0.4, 0.5) is 5.69 Å². The highest BCUT2D eigenvalue weighted by atomic mass is 16.3. The zero-order valence-electron chi connectivity index (χ0n) is 12.0. The molecule has 1 N–H and O–H groups in total. The van der Waals surface area contributed by atoms with E-state index in [-0.39, 0.29) is 5.57 Å². The Kier molecular flexibility index (Phi) is 4.57. The smallest absolute Gasteiger partial charge is 0.266 e. The largest absolute Gasteiger partial charge is 0.462 e. The number of amides is 1. The van der Waals surface area contributed by atoms with E-state index in [2.05, 4.69) is 12.2 Å². The van der Waals surface area contributed by atoms with Crippen LogP contribution in [0.2, 0.25) is 0 Å². The first-order valence-electron chi connectivity index (χ1n) is 6.71. The first kappa shape index (κ1) is 14.6. The maximum Gasteiger partial charge on any atom is 0.266 e. The van der Waals surface area contributed by atoms with Gasteiger partial charge in [0, 0.05) is 11.8 Å². The first-order chi connectivity index (χ1) is 10.1. The number of anilines is 1. The van der Waals surface area contributed by atoms with Crippen molar-refractivity contribution in [1.82, 2.24) is 0 Å². The van der Waals surface area contributed by atoms with Gasteiger partial charge in [0.25, 0.3) is 5.91 Å². The molecule has 0 bridgehead atoms. The van der Waals surface area contributed by atoms with Crippen LogP contribution in [0.1, 0.15) is 24.0 Å². The quantitative estimate of drug-likeness (QED) is 0.686. The minimum absolute atomic E-state index is 0.00363. The number of nitriles is 1. The second kappa shape index (κ2) is 6.58. The molecular weight excluding hydrogens is 264 g/mol. The average Bonchev–Trinajstić information content (AvgIpc) is 2.90. The zero-order valence-corrected chi connectivity index (χ0v) is 12.0. The topological polar surface area (TPSA) is 66.0 Å². The van der Waals surface area contributed by atoms with E-state index in [1.54, 1.807) is 19.1 Å². The molecule has 0 unspecified atom stereocenters. The Labute approximate surface area is 123 Å². The Morgan fingerprint density at radius 1 is 1.29 bits per heavy atom. The SMILES string of the molecule is CCc1ccc(NC(=O)/C(C#N)=C/c2ccc(C)o2)cc1. The predicted molar refractivity (Wildman–Crippen MR) is 81.5 cm³/mol. The number of nitrogens with one attached hydrogen (secondary N) is 1. The molecule has 1 heterocycles. The van der Waals surface area contributed by atoms with Crippen LogP contribution < -0.4 is 5.32 Å². The first-order valence-corrected chi connectivity index (χ1v) is 6.71. The summed E-state index contributed by atoms with van der Waals surface area (Å²) in [6.45, 7) is 3.87. The van der Waals surface area contributed by atoms with Crippen LogP contribution in [-0.2, 0) is 11.2 Å². The zero-order chi connectivity index (χ0) is 15.2. The lowest BCUT2D eigenvalue weighted by atomic mass is 10.1. The van der Waals surface area contributed by atoms with E-state index < -0.39 is 5.91 Å². The molecule has 0 radical (unpaired) electrons. The summed E-state index contributed by atoms with van der Waals surface area (Å²) in [4.78, 5) is 12.1. The van der Waals surface area contributed by atoms with E-state index in [4.69, 9.17) is 9.68 Å². The summed E-state index contributed by atoms with van der Waals surface area (Å²) >= 11 is 0. The number of carbonyl (C=O) groups is 1. The minimum atomic E-state index is -0.448. The molecule has 0 aliphatic carbocycles. The second-order valence-electron chi connectivity index (χ2n) is 4.62. The maximum atomic E-state index is 12.1. The molecule has 4 nitrogen and oxygen atoms in total. The number of aryl methyl sites for hydroxylation is 2. The molecule has 2 aromatic rings. The van der Waals surface area contributed by atoms with E-state index in [0.29, 0.717) is 11.4 Å². The molecule has 0 aliphatic rings. The highest BCUT2D eigenvalue weighted by Crippen LogP contribution is 2.14. The third kappa shape index (κ3) is 3.83. The highest BCUT2D eigenvalue weighted by Gasteiger charge is 2.10. The number of furan rings is 1. The van der Waals surface area contributed by atoms with Gasteiger partial charge < -0.3 is 9.73 Å². The number of benzene rings is 1. The summed E-state index contributed by atoms with van der Waals surface area (Å²) in [5.41, 5.74) is 1.85. The van der Waals surface area contributed by atoms with Crippen LogP contribution in [0.25, 0.3) is 6.08 Å². The Bertz CT molecular complexity index is 703. The molecule has 1 amide bonds. The average molecular weight is 280 g/mol. The maximum absolute atomic E-state index is 12.1. The van der Waals surface area contributed by atoms with Crippen molar-refractivity contribution in [2.75, 3.05) is 5.32 Å². The monoisotopic (exact) mass is 280 g/mol. The van der Waals surface area contributed by atoms with E-state index in [9.17, 15) is 4.79 Å². The van der Waals surface area contributed by atoms with Gasteiger partial charge in [0.05, 0.1) is 0 Å². The molecule has 1 aromatic carbocycles. The molecule has 21 heavy (non-hydrogen) atoms. The van der Waals surface area contributed by atoms with Gasteiger partial charge in [0.1, 0.15) is 23.2 Å². The molecule has 2 rings (SSSR count). The van der Waals surface area contributed by atoms with E-state index in [1.807, 2.05) is 30.3 Å². The van der Waals surface area contributed by atoms with Gasteiger partial charge in [0.2, 0.25) is 0 Å². The van der Waals surface area contributed by atoms with E-state index in [1.165, 1.54) is 11.6 Å². The third-order valence-corrected chi connectivity index (χ3v) is 3.03. The molecule has 0 saturated carbocycles. The van der Waals surface area contributed by atoms with Gasteiger partial charge in [-0.15, -0.1) is 0 Å². The van der Waals surface area contributed by atoms with Gasteiger partial charge in [0.15, 0.2) is 0 Å². The van der Waals surface area contributed by atoms with Crippen molar-refractivity contribution in [1.29, 1.82) is 5.26 Å². The summed E-state index contributed by atoms with van der Waals surface area (Å²) in [6.07, 6.45) is 2.37. The van der Waals surface area contributed by atoms with E-state index >= 15 is 0 Å². The van der Waals surface area contributed by atoms with Crippen molar-refractivity contribution in [3.05, 3.63) is 59.1 Å². The molecule has 0 aliphatic heterocycles. The fourth-order valence-corrected chi connectivity index (χ4v) is 1.84. The molecule has 106 valence electrons. The number of hydrogen-bond donors (Lipinski definition) is 1. The molecule has 1 aromatic heterocycles. The standard InChI is InChI=1S/C17H16N2O2/c1-3-13-5-7-15(8-6-13)19-17(20)14(11-18)10-16-9-4-12(2)21-16/h4-10H,3H2,1-2H3,(H,19,20)/b14-10+. The van der Waals surface area contributed by atoms with Crippen molar-refractivity contribution < 1.29 is 9.21 Å². The van der Waals surface area contributed by atoms with Crippen LogP contribution in [0, 0.1) is 18.3 Å². The van der Waals surface area contributed by atoms with Crippen LogP contribution in [0.3, 0.4) is 0 Å². The fraction of sp³-hybridized carbons (Fsp3) is 0.176. The number of hydrogen-bond acceptors (Lipinski definition) is 3. The van der Waals surface area contributed by atoms with Crippen LogP contribution in [-0.4, -0.2) is 5.91 Å². The molecule has 0 spiro atoms. The minimum Gasteiger partial charge on any atom is -0.462 e. The second-order valence-corrected chi connectivity index (χ2v) is 4.62. The highest BCUT2D eigenvalue weighted by molar-refractivity contribution is 6.09. The van der Waals surface area contributed by atoms with Crippen molar-refractivity contribution >= 4 is 17.7 Å². The van der Waals surface area contributed by atoms with Gasteiger partial charge in [-0.2, -0.15) is 5.26 Å². The van der Waals surface area contributed by atoms with Gasteiger partial charge in [-0.3, -0.25) is 4.79 Å². The van der Waals surface area contributed by atoms with Crippen molar-refractivity contribution in [2.45, 2.75) is 20.3 Å². The lowest BCUT2D eigenvalue weighted by Crippen LogP contribution is -2.13. The van der Waals surface area contributed by atoms with E-state index in [0.717, 1.165) is 12.2 Å². The lowest BCUT2D eigenvalue weighted by Gasteiger charge is -2.04. The summed E-state index contributed by atoms with van der Waals surface area (Å²) in [5.74, 6) is 0.769. The molecule has 0 saturated heterocycles. The lowest BCUT2D eigenvalue weighted by molar-refractivity contribution is -0.112. The van der Waals surface area contributed by atoms with Crippen LogP contribution in [0.15, 0.2) is 46.4 Å². The molecule has 0 fully saturated rings. The Hall–Kier alpha value is -2.80. The summed E-state index contributed by atoms with van der Waals surface area (Å²) in [5, 5.41) is 11.8. The molecule has 0 atom stereocenters. The van der Waals surface area contributed by atoms with Gasteiger partial charge in [-0.1, -0.05) is 19.1 Å². The van der Waals surface area contributed by atoms with Crippen molar-refractivity contribution in [3.8, 4) is 6.07 Å².